The second-order valence-corrected chi connectivity index (χ2v) is 8.62. The van der Waals surface area contributed by atoms with Gasteiger partial charge in [0.15, 0.2) is 6.61 Å². The van der Waals surface area contributed by atoms with Crippen LogP contribution in [0.4, 0.5) is 5.69 Å². The molecule has 2 aromatic rings. The van der Waals surface area contributed by atoms with E-state index < -0.39 is 24.4 Å². The molecule has 0 atom stereocenters. The lowest BCUT2D eigenvalue weighted by molar-refractivity contribution is -0.125. The second-order valence-electron chi connectivity index (χ2n) is 8.62. The molecule has 0 fully saturated rings. The Hall–Kier alpha value is -3.68. The van der Waals surface area contributed by atoms with Gasteiger partial charge in [-0.25, -0.2) is 4.79 Å². The van der Waals surface area contributed by atoms with Crippen molar-refractivity contribution in [1.29, 1.82) is 0 Å². The third kappa shape index (κ3) is 11.2. The summed E-state index contributed by atoms with van der Waals surface area (Å²) in [6.07, 6.45) is 10.9. The zero-order chi connectivity index (χ0) is 26.0. The Labute approximate surface area is 213 Å². The van der Waals surface area contributed by atoms with Crippen molar-refractivity contribution in [3.8, 4) is 0 Å². The van der Waals surface area contributed by atoms with Gasteiger partial charge in [0.25, 0.3) is 11.8 Å². The number of amides is 3. The Balaban J connectivity index is 1.69. The molecule has 0 aliphatic heterocycles. The van der Waals surface area contributed by atoms with Gasteiger partial charge in [-0.2, -0.15) is 0 Å². The van der Waals surface area contributed by atoms with E-state index in [4.69, 9.17) is 4.74 Å². The van der Waals surface area contributed by atoms with E-state index in [1.807, 2.05) is 0 Å². The first-order valence-electron chi connectivity index (χ1n) is 12.7. The summed E-state index contributed by atoms with van der Waals surface area (Å²) in [5.74, 6) is -2.10. The lowest BCUT2D eigenvalue weighted by atomic mass is 10.1. The zero-order valence-corrected chi connectivity index (χ0v) is 21.0. The topological polar surface area (TPSA) is 114 Å². The van der Waals surface area contributed by atoms with Crippen molar-refractivity contribution < 1.29 is 23.9 Å². The first-order chi connectivity index (χ1) is 17.5. The fourth-order valence-corrected chi connectivity index (χ4v) is 3.61. The van der Waals surface area contributed by atoms with Crippen molar-refractivity contribution in [3.05, 3.63) is 65.7 Å². The Bertz CT molecular complexity index is 978. The van der Waals surface area contributed by atoms with Crippen LogP contribution >= 0.6 is 0 Å². The molecule has 0 bridgehead atoms. The van der Waals surface area contributed by atoms with Gasteiger partial charge in [-0.05, 0) is 30.7 Å². The van der Waals surface area contributed by atoms with Crippen LogP contribution in [0.2, 0.25) is 0 Å². The van der Waals surface area contributed by atoms with Gasteiger partial charge in [0.05, 0.1) is 11.3 Å². The number of benzene rings is 2. The SMILES string of the molecule is CCCCCCCCCCCC(=O)Nc1ccccc1C(=O)OCC(=O)NNC(=O)c1ccccc1. The number of hydrazine groups is 1. The van der Waals surface area contributed by atoms with Gasteiger partial charge in [-0.15, -0.1) is 0 Å². The normalized spacial score (nSPS) is 10.4. The molecule has 0 saturated carbocycles. The number of para-hydroxylation sites is 1. The molecule has 0 unspecified atom stereocenters. The Morgan fingerprint density at radius 1 is 0.694 bits per heavy atom. The van der Waals surface area contributed by atoms with Gasteiger partial charge in [-0.1, -0.05) is 88.6 Å². The Kier molecular flexibility index (Phi) is 13.4. The lowest BCUT2D eigenvalue weighted by Crippen LogP contribution is -2.43. The van der Waals surface area contributed by atoms with E-state index in [0.29, 0.717) is 17.7 Å². The molecule has 3 N–H and O–H groups in total. The average Bonchev–Trinajstić information content (AvgIpc) is 2.90. The number of hydrogen-bond donors (Lipinski definition) is 3. The van der Waals surface area contributed by atoms with Gasteiger partial charge in [0, 0.05) is 12.0 Å². The predicted molar refractivity (Wildman–Crippen MR) is 139 cm³/mol. The van der Waals surface area contributed by atoms with Crippen molar-refractivity contribution in [2.45, 2.75) is 71.1 Å². The number of esters is 1. The second kappa shape index (κ2) is 16.9. The summed E-state index contributed by atoms with van der Waals surface area (Å²) >= 11 is 0. The molecule has 8 nitrogen and oxygen atoms in total. The highest BCUT2D eigenvalue weighted by atomic mass is 16.5. The summed E-state index contributed by atoms with van der Waals surface area (Å²) in [5, 5.41) is 2.77. The maximum Gasteiger partial charge on any atom is 0.340 e. The van der Waals surface area contributed by atoms with Crippen LogP contribution in [0, 0.1) is 0 Å². The van der Waals surface area contributed by atoms with E-state index in [1.54, 1.807) is 48.5 Å². The Morgan fingerprint density at radius 3 is 2.00 bits per heavy atom. The molecule has 36 heavy (non-hydrogen) atoms. The summed E-state index contributed by atoms with van der Waals surface area (Å²) < 4.78 is 5.06. The zero-order valence-electron chi connectivity index (χ0n) is 21.0. The standard InChI is InChI=1S/C28H37N3O5/c1-2-3-4-5-6-7-8-9-13-20-25(32)29-24-19-15-14-18-23(24)28(35)36-21-26(33)30-31-27(34)22-16-11-10-12-17-22/h10-12,14-19H,2-9,13,20-21H2,1H3,(H,29,32)(H,30,33)(H,31,34). The van der Waals surface area contributed by atoms with Gasteiger partial charge in [0.1, 0.15) is 0 Å². The van der Waals surface area contributed by atoms with Crippen LogP contribution in [0.5, 0.6) is 0 Å². The summed E-state index contributed by atoms with van der Waals surface area (Å²) in [5.41, 5.74) is 5.32. The summed E-state index contributed by atoms with van der Waals surface area (Å²) in [4.78, 5) is 48.8. The van der Waals surface area contributed by atoms with E-state index in [9.17, 15) is 19.2 Å². The van der Waals surface area contributed by atoms with Crippen molar-refractivity contribution in [3.63, 3.8) is 0 Å². The van der Waals surface area contributed by atoms with E-state index in [0.717, 1.165) is 19.3 Å². The molecule has 0 heterocycles. The molecular weight excluding hydrogens is 458 g/mol. The molecule has 3 amide bonds. The highest BCUT2D eigenvalue weighted by Crippen LogP contribution is 2.17. The molecule has 0 saturated heterocycles. The molecule has 2 aromatic carbocycles. The minimum atomic E-state index is -0.751. The lowest BCUT2D eigenvalue weighted by Gasteiger charge is -2.11. The predicted octanol–water partition coefficient (Wildman–Crippen LogP) is 5.16. The molecule has 8 heteroatoms. The van der Waals surface area contributed by atoms with E-state index in [2.05, 4.69) is 23.1 Å². The molecule has 0 aliphatic rings. The molecule has 0 aromatic heterocycles. The third-order valence-electron chi connectivity index (χ3n) is 5.61. The van der Waals surface area contributed by atoms with Crippen LogP contribution in [-0.2, 0) is 14.3 Å². The van der Waals surface area contributed by atoms with Crippen LogP contribution in [0.3, 0.4) is 0 Å². The number of ether oxygens (including phenoxy) is 1. The number of rotatable bonds is 15. The summed E-state index contributed by atoms with van der Waals surface area (Å²) in [6.45, 7) is 1.62. The van der Waals surface area contributed by atoms with Crippen LogP contribution in [0.1, 0.15) is 91.8 Å². The number of anilines is 1. The maximum atomic E-state index is 12.5. The fourth-order valence-electron chi connectivity index (χ4n) is 3.61. The van der Waals surface area contributed by atoms with Crippen LogP contribution < -0.4 is 16.2 Å². The minimum absolute atomic E-state index is 0.152. The van der Waals surface area contributed by atoms with E-state index in [-0.39, 0.29) is 11.5 Å². The van der Waals surface area contributed by atoms with Gasteiger partial charge >= 0.3 is 5.97 Å². The highest BCUT2D eigenvalue weighted by molar-refractivity contribution is 6.02. The quantitative estimate of drug-likeness (QED) is 0.179. The summed E-state index contributed by atoms with van der Waals surface area (Å²) in [7, 11) is 0. The molecule has 0 spiro atoms. The third-order valence-corrected chi connectivity index (χ3v) is 5.61. The molecule has 194 valence electrons. The molecular formula is C28H37N3O5. The number of carbonyl (C=O) groups excluding carboxylic acids is 4. The van der Waals surface area contributed by atoms with Crippen LogP contribution in [0.25, 0.3) is 0 Å². The summed E-state index contributed by atoms with van der Waals surface area (Å²) in [6, 6.07) is 14.9. The molecule has 2 rings (SSSR count). The van der Waals surface area contributed by atoms with Crippen molar-refractivity contribution >= 4 is 29.4 Å². The number of hydrogen-bond acceptors (Lipinski definition) is 5. The van der Waals surface area contributed by atoms with Crippen molar-refractivity contribution in [2.24, 2.45) is 0 Å². The van der Waals surface area contributed by atoms with Crippen LogP contribution in [0.15, 0.2) is 54.6 Å². The highest BCUT2D eigenvalue weighted by Gasteiger charge is 2.16. The van der Waals surface area contributed by atoms with E-state index >= 15 is 0 Å². The smallest absolute Gasteiger partial charge is 0.340 e. The van der Waals surface area contributed by atoms with Gasteiger partial charge < -0.3 is 10.1 Å². The van der Waals surface area contributed by atoms with E-state index in [1.165, 1.54) is 44.6 Å². The van der Waals surface area contributed by atoms with Gasteiger partial charge in [0.2, 0.25) is 5.91 Å². The number of nitrogens with one attached hydrogen (secondary N) is 3. The van der Waals surface area contributed by atoms with Gasteiger partial charge in [-0.3, -0.25) is 25.2 Å². The number of carbonyl (C=O) groups is 4. The number of unbranched alkanes of at least 4 members (excludes halogenated alkanes) is 8. The first-order valence-corrected chi connectivity index (χ1v) is 12.7. The maximum absolute atomic E-state index is 12.5. The molecule has 0 radical (unpaired) electrons. The van der Waals surface area contributed by atoms with Crippen molar-refractivity contribution in [1.82, 2.24) is 10.9 Å². The first kappa shape index (κ1) is 28.6. The fraction of sp³-hybridized carbons (Fsp3) is 0.429. The minimum Gasteiger partial charge on any atom is -0.452 e. The van der Waals surface area contributed by atoms with Crippen LogP contribution in [-0.4, -0.2) is 30.3 Å². The Morgan fingerprint density at radius 2 is 1.31 bits per heavy atom. The van der Waals surface area contributed by atoms with Crippen molar-refractivity contribution in [2.75, 3.05) is 11.9 Å². The average molecular weight is 496 g/mol. The molecule has 0 aliphatic carbocycles. The monoisotopic (exact) mass is 495 g/mol. The largest absolute Gasteiger partial charge is 0.452 e.